The van der Waals surface area contributed by atoms with Crippen molar-refractivity contribution in [1.82, 2.24) is 9.78 Å². The molecule has 0 saturated carbocycles. The number of rotatable bonds is 4. The van der Waals surface area contributed by atoms with E-state index in [0.717, 1.165) is 12.1 Å². The van der Waals surface area contributed by atoms with E-state index in [1.54, 1.807) is 18.0 Å². The molecule has 1 aromatic rings. The second-order valence-corrected chi connectivity index (χ2v) is 3.30. The van der Waals surface area contributed by atoms with Crippen LogP contribution in [0.1, 0.15) is 18.2 Å². The smallest absolute Gasteiger partial charge is 0.0833 e. The predicted octanol–water partition coefficient (Wildman–Crippen LogP) is 1.11. The van der Waals surface area contributed by atoms with E-state index in [1.165, 1.54) is 0 Å². The highest BCUT2D eigenvalue weighted by atomic mass is 35.5. The van der Waals surface area contributed by atoms with Crippen LogP contribution in [-0.2, 0) is 11.8 Å². The maximum absolute atomic E-state index is 5.91. The van der Waals surface area contributed by atoms with Gasteiger partial charge in [0.2, 0.25) is 0 Å². The number of ether oxygens (including phenoxy) is 1. The average Bonchev–Trinajstić information content (AvgIpc) is 2.42. The van der Waals surface area contributed by atoms with Crippen molar-refractivity contribution >= 4 is 11.6 Å². The number of hydrogen-bond acceptors (Lipinski definition) is 3. The minimum Gasteiger partial charge on any atom is -0.385 e. The Morgan fingerprint density at radius 1 is 1.77 bits per heavy atom. The fraction of sp³-hybridized carbons (Fsp3) is 0.625. The minimum atomic E-state index is -0.111. The number of nitrogens with zero attached hydrogens (tertiary/aromatic N) is 2. The molecular formula is C8H14ClN3O. The van der Waals surface area contributed by atoms with Gasteiger partial charge in [0.15, 0.2) is 0 Å². The molecule has 0 aliphatic heterocycles. The topological polar surface area (TPSA) is 53.1 Å². The van der Waals surface area contributed by atoms with Gasteiger partial charge in [-0.25, -0.2) is 0 Å². The Kier molecular flexibility index (Phi) is 3.71. The number of methoxy groups -OCH3 is 1. The second-order valence-electron chi connectivity index (χ2n) is 2.89. The van der Waals surface area contributed by atoms with Crippen LogP contribution >= 0.6 is 11.6 Å². The van der Waals surface area contributed by atoms with E-state index in [-0.39, 0.29) is 6.04 Å². The summed E-state index contributed by atoms with van der Waals surface area (Å²) in [7, 11) is 3.48. The molecule has 5 heteroatoms. The first kappa shape index (κ1) is 10.5. The van der Waals surface area contributed by atoms with Crippen molar-refractivity contribution in [2.45, 2.75) is 12.5 Å². The maximum Gasteiger partial charge on any atom is 0.0833 e. The summed E-state index contributed by atoms with van der Waals surface area (Å²) in [4.78, 5) is 0. The number of aryl methyl sites for hydroxylation is 1. The first-order chi connectivity index (χ1) is 6.16. The van der Waals surface area contributed by atoms with Gasteiger partial charge in [0.25, 0.3) is 0 Å². The van der Waals surface area contributed by atoms with Gasteiger partial charge in [-0.3, -0.25) is 4.68 Å². The van der Waals surface area contributed by atoms with E-state index >= 15 is 0 Å². The molecular weight excluding hydrogens is 190 g/mol. The zero-order chi connectivity index (χ0) is 9.84. The number of halogens is 1. The van der Waals surface area contributed by atoms with Gasteiger partial charge in [-0.05, 0) is 6.42 Å². The SMILES string of the molecule is COCCC(N)c1c(Cl)cnn1C. The summed E-state index contributed by atoms with van der Waals surface area (Å²) < 4.78 is 6.63. The van der Waals surface area contributed by atoms with Crippen LogP contribution in [0.5, 0.6) is 0 Å². The third-order valence-electron chi connectivity index (χ3n) is 1.92. The molecule has 0 radical (unpaired) electrons. The molecule has 0 bridgehead atoms. The molecule has 13 heavy (non-hydrogen) atoms. The van der Waals surface area contributed by atoms with Crippen molar-refractivity contribution < 1.29 is 4.74 Å². The van der Waals surface area contributed by atoms with Gasteiger partial charge >= 0.3 is 0 Å². The molecule has 1 unspecified atom stereocenters. The largest absolute Gasteiger partial charge is 0.385 e. The molecule has 2 N–H and O–H groups in total. The molecule has 0 saturated heterocycles. The molecule has 0 aromatic carbocycles. The van der Waals surface area contributed by atoms with Crippen LogP contribution in [0.25, 0.3) is 0 Å². The van der Waals surface area contributed by atoms with Gasteiger partial charge in [0, 0.05) is 20.8 Å². The Labute approximate surface area is 82.6 Å². The van der Waals surface area contributed by atoms with Gasteiger partial charge in [-0.1, -0.05) is 11.6 Å². The molecule has 4 nitrogen and oxygen atoms in total. The summed E-state index contributed by atoms with van der Waals surface area (Å²) in [5.74, 6) is 0. The van der Waals surface area contributed by atoms with E-state index in [1.807, 2.05) is 7.05 Å². The predicted molar refractivity (Wildman–Crippen MR) is 51.6 cm³/mol. The highest BCUT2D eigenvalue weighted by Gasteiger charge is 2.14. The van der Waals surface area contributed by atoms with Crippen LogP contribution < -0.4 is 5.73 Å². The molecule has 0 aliphatic rings. The molecule has 0 spiro atoms. The average molecular weight is 204 g/mol. The summed E-state index contributed by atoms with van der Waals surface area (Å²) in [6.45, 7) is 0.628. The zero-order valence-electron chi connectivity index (χ0n) is 7.83. The van der Waals surface area contributed by atoms with Crippen LogP contribution in [-0.4, -0.2) is 23.5 Å². The van der Waals surface area contributed by atoms with E-state index in [0.29, 0.717) is 11.6 Å². The molecule has 1 heterocycles. The van der Waals surface area contributed by atoms with Crippen LogP contribution in [0.15, 0.2) is 6.20 Å². The molecule has 74 valence electrons. The Bertz CT molecular complexity index is 255. The van der Waals surface area contributed by atoms with Crippen molar-refractivity contribution in [2.24, 2.45) is 12.8 Å². The van der Waals surface area contributed by atoms with E-state index in [2.05, 4.69) is 5.10 Å². The van der Waals surface area contributed by atoms with E-state index < -0.39 is 0 Å². The van der Waals surface area contributed by atoms with Crippen molar-refractivity contribution in [1.29, 1.82) is 0 Å². The molecule has 0 amide bonds. The Hall–Kier alpha value is -0.580. The zero-order valence-corrected chi connectivity index (χ0v) is 8.58. The van der Waals surface area contributed by atoms with Crippen LogP contribution in [0.4, 0.5) is 0 Å². The van der Waals surface area contributed by atoms with Crippen LogP contribution in [0.3, 0.4) is 0 Å². The van der Waals surface area contributed by atoms with Crippen molar-refractivity contribution in [3.63, 3.8) is 0 Å². The van der Waals surface area contributed by atoms with E-state index in [9.17, 15) is 0 Å². The lowest BCUT2D eigenvalue weighted by Crippen LogP contribution is -2.16. The Morgan fingerprint density at radius 2 is 2.46 bits per heavy atom. The van der Waals surface area contributed by atoms with Crippen molar-refractivity contribution in [3.8, 4) is 0 Å². The van der Waals surface area contributed by atoms with Crippen LogP contribution in [0.2, 0.25) is 5.02 Å². The third-order valence-corrected chi connectivity index (χ3v) is 2.21. The fourth-order valence-electron chi connectivity index (χ4n) is 1.22. The normalized spacial score (nSPS) is 13.2. The van der Waals surface area contributed by atoms with Gasteiger partial charge in [0.1, 0.15) is 0 Å². The third kappa shape index (κ3) is 2.43. The molecule has 1 atom stereocenters. The number of aromatic nitrogens is 2. The highest BCUT2D eigenvalue weighted by molar-refractivity contribution is 6.31. The van der Waals surface area contributed by atoms with Gasteiger partial charge in [-0.15, -0.1) is 0 Å². The summed E-state index contributed by atoms with van der Waals surface area (Å²) >= 11 is 5.91. The van der Waals surface area contributed by atoms with Gasteiger partial charge in [0.05, 0.1) is 23.0 Å². The summed E-state index contributed by atoms with van der Waals surface area (Å²) in [6.07, 6.45) is 2.35. The van der Waals surface area contributed by atoms with Crippen LogP contribution in [0, 0.1) is 0 Å². The lowest BCUT2D eigenvalue weighted by atomic mass is 10.1. The fourth-order valence-corrected chi connectivity index (χ4v) is 1.52. The Balaban J connectivity index is 2.69. The second kappa shape index (κ2) is 4.60. The van der Waals surface area contributed by atoms with Gasteiger partial charge in [-0.2, -0.15) is 5.10 Å². The monoisotopic (exact) mass is 203 g/mol. The molecule has 0 fully saturated rings. The van der Waals surface area contributed by atoms with Crippen molar-refractivity contribution in [2.75, 3.05) is 13.7 Å². The minimum absolute atomic E-state index is 0.111. The van der Waals surface area contributed by atoms with E-state index in [4.69, 9.17) is 22.1 Å². The first-order valence-corrected chi connectivity index (χ1v) is 4.46. The first-order valence-electron chi connectivity index (χ1n) is 4.08. The number of nitrogens with two attached hydrogens (primary N) is 1. The summed E-state index contributed by atoms with van der Waals surface area (Å²) in [6, 6.07) is -0.111. The highest BCUT2D eigenvalue weighted by Crippen LogP contribution is 2.22. The molecule has 1 aromatic heterocycles. The van der Waals surface area contributed by atoms with Crippen molar-refractivity contribution in [3.05, 3.63) is 16.9 Å². The number of hydrogen-bond donors (Lipinski definition) is 1. The van der Waals surface area contributed by atoms with Gasteiger partial charge < -0.3 is 10.5 Å². The lowest BCUT2D eigenvalue weighted by molar-refractivity contribution is 0.187. The molecule has 1 rings (SSSR count). The summed E-state index contributed by atoms with van der Waals surface area (Å²) in [5.41, 5.74) is 6.76. The standard InChI is InChI=1S/C8H14ClN3O/c1-12-8(6(9)5-11-12)7(10)3-4-13-2/h5,7H,3-4,10H2,1-2H3. The quantitative estimate of drug-likeness (QED) is 0.798. The lowest BCUT2D eigenvalue weighted by Gasteiger charge is -2.11. The maximum atomic E-state index is 5.91. The Morgan fingerprint density at radius 3 is 2.92 bits per heavy atom. The molecule has 0 aliphatic carbocycles. The summed E-state index contributed by atoms with van der Waals surface area (Å²) in [5, 5.41) is 4.63.